The Bertz CT molecular complexity index is 328. The number of nitrogens with one attached hydrogen (secondary N) is 1. The van der Waals surface area contributed by atoms with Crippen LogP contribution in [-0.2, 0) is 0 Å². The van der Waals surface area contributed by atoms with Crippen molar-refractivity contribution in [1.82, 2.24) is 10.4 Å². The first-order chi connectivity index (χ1) is 7.04. The maximum atomic E-state index is 13.4. The van der Waals surface area contributed by atoms with Crippen LogP contribution in [0.4, 0.5) is 8.78 Å². The van der Waals surface area contributed by atoms with Gasteiger partial charge in [0.25, 0.3) is 0 Å². The predicted molar refractivity (Wildman–Crippen MR) is 55.0 cm³/mol. The first-order valence-electron chi connectivity index (χ1n) is 4.63. The third-order valence-electron chi connectivity index (χ3n) is 1.99. The minimum Gasteiger partial charge on any atom is -0.329 e. The molecule has 3 N–H and O–H groups in total. The molecule has 15 heavy (non-hydrogen) atoms. The van der Waals surface area contributed by atoms with Gasteiger partial charge in [-0.25, -0.2) is 19.2 Å². The molecule has 1 aromatic carbocycles. The average molecular weight is 215 g/mol. The van der Waals surface area contributed by atoms with Gasteiger partial charge in [0.15, 0.2) is 0 Å². The van der Waals surface area contributed by atoms with E-state index in [0.717, 1.165) is 6.07 Å². The van der Waals surface area contributed by atoms with Gasteiger partial charge in [-0.2, -0.15) is 0 Å². The van der Waals surface area contributed by atoms with Gasteiger partial charge < -0.3 is 5.73 Å². The number of nitrogens with two attached hydrogens (primary N) is 1. The van der Waals surface area contributed by atoms with Gasteiger partial charge in [-0.15, -0.1) is 0 Å². The third kappa shape index (κ3) is 3.23. The Hall–Kier alpha value is -1.04. The number of hydrazine groups is 1. The van der Waals surface area contributed by atoms with E-state index in [9.17, 15) is 8.78 Å². The van der Waals surface area contributed by atoms with Crippen LogP contribution in [0.2, 0.25) is 0 Å². The molecule has 0 fully saturated rings. The lowest BCUT2D eigenvalue weighted by molar-refractivity contribution is 0.242. The van der Waals surface area contributed by atoms with Gasteiger partial charge in [-0.3, -0.25) is 0 Å². The second kappa shape index (κ2) is 5.16. The summed E-state index contributed by atoms with van der Waals surface area (Å²) in [4.78, 5) is 0. The Morgan fingerprint density at radius 1 is 1.40 bits per heavy atom. The van der Waals surface area contributed by atoms with E-state index in [2.05, 4.69) is 5.43 Å². The van der Waals surface area contributed by atoms with Crippen molar-refractivity contribution in [2.75, 3.05) is 20.6 Å². The predicted octanol–water partition coefficient (Wildman–Crippen LogP) is 1.03. The van der Waals surface area contributed by atoms with Gasteiger partial charge in [0.1, 0.15) is 11.6 Å². The summed E-state index contributed by atoms with van der Waals surface area (Å²) >= 11 is 0. The maximum Gasteiger partial charge on any atom is 0.130 e. The van der Waals surface area contributed by atoms with Gasteiger partial charge in [-0.05, 0) is 6.07 Å². The molecule has 0 radical (unpaired) electrons. The number of benzene rings is 1. The van der Waals surface area contributed by atoms with E-state index in [0.29, 0.717) is 5.56 Å². The molecule has 0 aliphatic rings. The van der Waals surface area contributed by atoms with E-state index >= 15 is 0 Å². The van der Waals surface area contributed by atoms with Crippen LogP contribution in [0, 0.1) is 11.6 Å². The zero-order chi connectivity index (χ0) is 11.4. The number of rotatable bonds is 4. The molecule has 1 atom stereocenters. The summed E-state index contributed by atoms with van der Waals surface area (Å²) in [5.74, 6) is -1.17. The van der Waals surface area contributed by atoms with Crippen molar-refractivity contribution in [3.05, 3.63) is 35.4 Å². The Morgan fingerprint density at radius 3 is 2.53 bits per heavy atom. The fourth-order valence-electron chi connectivity index (χ4n) is 1.34. The molecule has 1 unspecified atom stereocenters. The molecule has 0 heterocycles. The molecule has 1 aromatic rings. The van der Waals surface area contributed by atoms with E-state index < -0.39 is 11.6 Å². The van der Waals surface area contributed by atoms with Gasteiger partial charge in [0, 0.05) is 32.3 Å². The molecule has 84 valence electrons. The van der Waals surface area contributed by atoms with E-state index in [1.165, 1.54) is 12.1 Å². The van der Waals surface area contributed by atoms with Crippen LogP contribution in [-0.4, -0.2) is 25.6 Å². The molecular formula is C10H15F2N3. The highest BCUT2D eigenvalue weighted by Gasteiger charge is 2.14. The Morgan fingerprint density at radius 2 is 2.07 bits per heavy atom. The highest BCUT2D eigenvalue weighted by molar-refractivity contribution is 5.22. The lowest BCUT2D eigenvalue weighted by Gasteiger charge is -2.22. The molecule has 0 aliphatic heterocycles. The van der Waals surface area contributed by atoms with E-state index in [1.54, 1.807) is 19.1 Å². The number of halogens is 2. The fourth-order valence-corrected chi connectivity index (χ4v) is 1.34. The van der Waals surface area contributed by atoms with Gasteiger partial charge >= 0.3 is 0 Å². The zero-order valence-corrected chi connectivity index (χ0v) is 8.80. The van der Waals surface area contributed by atoms with Crippen molar-refractivity contribution in [3.8, 4) is 0 Å². The second-order valence-corrected chi connectivity index (χ2v) is 3.48. The highest BCUT2D eigenvalue weighted by atomic mass is 19.1. The van der Waals surface area contributed by atoms with E-state index in [-0.39, 0.29) is 12.6 Å². The Labute approximate surface area is 87.8 Å². The summed E-state index contributed by atoms with van der Waals surface area (Å²) in [6.07, 6.45) is 0. The van der Waals surface area contributed by atoms with Crippen LogP contribution in [0.5, 0.6) is 0 Å². The molecule has 0 saturated carbocycles. The lowest BCUT2D eigenvalue weighted by Crippen LogP contribution is -2.38. The SMILES string of the molecule is CN(C)NC(CN)c1ccc(F)cc1F. The minimum atomic E-state index is -0.586. The molecule has 5 heteroatoms. The van der Waals surface area contributed by atoms with E-state index in [1.807, 2.05) is 0 Å². The Kier molecular flexibility index (Phi) is 4.14. The maximum absolute atomic E-state index is 13.4. The topological polar surface area (TPSA) is 41.3 Å². The van der Waals surface area contributed by atoms with Gasteiger partial charge in [0.05, 0.1) is 6.04 Å². The van der Waals surface area contributed by atoms with Gasteiger partial charge in [-0.1, -0.05) is 6.07 Å². The summed E-state index contributed by atoms with van der Waals surface area (Å²) in [5.41, 5.74) is 8.83. The van der Waals surface area contributed by atoms with Crippen LogP contribution in [0.3, 0.4) is 0 Å². The van der Waals surface area contributed by atoms with Crippen LogP contribution in [0.1, 0.15) is 11.6 Å². The third-order valence-corrected chi connectivity index (χ3v) is 1.99. The molecule has 0 aromatic heterocycles. The minimum absolute atomic E-state index is 0.237. The van der Waals surface area contributed by atoms with Crippen LogP contribution in [0.15, 0.2) is 18.2 Å². The standard InChI is InChI=1S/C10H15F2N3/c1-15(2)14-10(6-13)8-4-3-7(11)5-9(8)12/h3-5,10,14H,6,13H2,1-2H3. The Balaban J connectivity index is 2.91. The van der Waals surface area contributed by atoms with Crippen molar-refractivity contribution < 1.29 is 8.78 Å². The summed E-state index contributed by atoms with van der Waals surface area (Å²) in [5, 5.41) is 1.68. The monoisotopic (exact) mass is 215 g/mol. The number of hydrogen-bond acceptors (Lipinski definition) is 3. The first-order valence-corrected chi connectivity index (χ1v) is 4.63. The first kappa shape index (κ1) is 12.0. The van der Waals surface area contributed by atoms with Crippen LogP contribution in [0.25, 0.3) is 0 Å². The quantitative estimate of drug-likeness (QED) is 0.737. The number of hydrogen-bond donors (Lipinski definition) is 2. The highest BCUT2D eigenvalue weighted by Crippen LogP contribution is 2.17. The summed E-state index contributed by atoms with van der Waals surface area (Å²) < 4.78 is 26.1. The molecule has 1 rings (SSSR count). The fraction of sp³-hybridized carbons (Fsp3) is 0.400. The normalized spacial score (nSPS) is 13.2. The molecule has 0 bridgehead atoms. The van der Waals surface area contributed by atoms with Crippen molar-refractivity contribution in [3.63, 3.8) is 0 Å². The van der Waals surface area contributed by atoms with Crippen LogP contribution >= 0.6 is 0 Å². The van der Waals surface area contributed by atoms with Crippen LogP contribution < -0.4 is 11.2 Å². The smallest absolute Gasteiger partial charge is 0.130 e. The van der Waals surface area contributed by atoms with E-state index in [4.69, 9.17) is 5.73 Å². The van der Waals surface area contributed by atoms with Gasteiger partial charge in [0.2, 0.25) is 0 Å². The summed E-state index contributed by atoms with van der Waals surface area (Å²) in [7, 11) is 3.56. The second-order valence-electron chi connectivity index (χ2n) is 3.48. The van der Waals surface area contributed by atoms with Crippen molar-refractivity contribution in [2.24, 2.45) is 5.73 Å². The molecule has 0 amide bonds. The largest absolute Gasteiger partial charge is 0.329 e. The number of nitrogens with zero attached hydrogens (tertiary/aromatic N) is 1. The molecule has 3 nitrogen and oxygen atoms in total. The van der Waals surface area contributed by atoms with Crippen molar-refractivity contribution >= 4 is 0 Å². The lowest BCUT2D eigenvalue weighted by atomic mass is 10.1. The molecule has 0 aliphatic carbocycles. The van der Waals surface area contributed by atoms with Crippen molar-refractivity contribution in [1.29, 1.82) is 0 Å². The summed E-state index contributed by atoms with van der Waals surface area (Å²) in [6, 6.07) is 3.13. The average Bonchev–Trinajstić information content (AvgIpc) is 2.14. The molecular weight excluding hydrogens is 200 g/mol. The summed E-state index contributed by atoms with van der Waals surface area (Å²) in [6.45, 7) is 0.237. The zero-order valence-electron chi connectivity index (χ0n) is 8.80. The molecule has 0 saturated heterocycles. The molecule has 0 spiro atoms. The van der Waals surface area contributed by atoms with Crippen molar-refractivity contribution in [2.45, 2.75) is 6.04 Å².